The first-order valence-corrected chi connectivity index (χ1v) is 11.2. The largest absolute Gasteiger partial charge is 0.358 e. The van der Waals surface area contributed by atoms with Gasteiger partial charge in [0.05, 0.1) is 6.04 Å². The average Bonchev–Trinajstić information content (AvgIpc) is 3.53. The van der Waals surface area contributed by atoms with E-state index in [1.807, 2.05) is 16.8 Å². The Morgan fingerprint density at radius 3 is 2.55 bits per heavy atom. The van der Waals surface area contributed by atoms with Gasteiger partial charge in [0.15, 0.2) is 11.5 Å². The number of tetrazole rings is 1. The summed E-state index contributed by atoms with van der Waals surface area (Å²) in [5.41, 5.74) is 1.77. The van der Waals surface area contributed by atoms with Crippen molar-refractivity contribution in [3.05, 3.63) is 77.6 Å². The second-order valence-corrected chi connectivity index (χ2v) is 8.70. The number of aromatic nitrogens is 4. The summed E-state index contributed by atoms with van der Waals surface area (Å²) in [4.78, 5) is 0. The molecule has 0 bridgehead atoms. The van der Waals surface area contributed by atoms with Gasteiger partial charge >= 0.3 is 0 Å². The van der Waals surface area contributed by atoms with Gasteiger partial charge in [0, 0.05) is 38.2 Å². The molecule has 3 aromatic rings. The van der Waals surface area contributed by atoms with Gasteiger partial charge in [-0.1, -0.05) is 60.7 Å². The molecule has 31 heavy (non-hydrogen) atoms. The highest BCUT2D eigenvalue weighted by atomic mass is 16.5. The van der Waals surface area contributed by atoms with Crippen molar-refractivity contribution in [2.45, 2.75) is 50.0 Å². The molecule has 1 aliphatic carbocycles. The lowest BCUT2D eigenvalue weighted by Gasteiger charge is -2.46. The molecule has 1 unspecified atom stereocenters. The van der Waals surface area contributed by atoms with E-state index < -0.39 is 5.72 Å². The van der Waals surface area contributed by atoms with Crippen LogP contribution in [0.1, 0.15) is 42.1 Å². The maximum absolute atomic E-state index is 6.20. The van der Waals surface area contributed by atoms with Crippen LogP contribution in [0.2, 0.25) is 0 Å². The van der Waals surface area contributed by atoms with E-state index in [9.17, 15) is 0 Å². The van der Waals surface area contributed by atoms with Crippen molar-refractivity contribution in [3.8, 4) is 0 Å². The van der Waals surface area contributed by atoms with Crippen LogP contribution in [0.25, 0.3) is 0 Å². The Morgan fingerprint density at radius 2 is 1.84 bits per heavy atom. The molecule has 2 aliphatic rings. The zero-order valence-electron chi connectivity index (χ0n) is 17.9. The van der Waals surface area contributed by atoms with Crippen LogP contribution in [-0.4, -0.2) is 39.9 Å². The van der Waals surface area contributed by atoms with Gasteiger partial charge in [0.1, 0.15) is 0 Å². The van der Waals surface area contributed by atoms with Gasteiger partial charge in [-0.3, -0.25) is 5.32 Å². The van der Waals surface area contributed by atoms with Gasteiger partial charge in [-0.2, -0.15) is 0 Å². The monoisotopic (exact) mass is 418 g/mol. The maximum Gasteiger partial charge on any atom is 0.160 e. The molecule has 0 radical (unpaired) electrons. The molecule has 162 valence electrons. The van der Waals surface area contributed by atoms with Crippen LogP contribution in [0.15, 0.2) is 60.7 Å². The summed E-state index contributed by atoms with van der Waals surface area (Å²) in [6, 6.07) is 21.0. The van der Waals surface area contributed by atoms with Crippen molar-refractivity contribution >= 4 is 0 Å². The number of ether oxygens (including phenoxy) is 1. The fraction of sp³-hybridized carbons (Fsp3) is 0.458. The van der Waals surface area contributed by atoms with Crippen LogP contribution in [-0.2, 0) is 23.6 Å². The Kier molecular flexibility index (Phi) is 5.80. The predicted molar refractivity (Wildman–Crippen MR) is 118 cm³/mol. The van der Waals surface area contributed by atoms with Crippen molar-refractivity contribution in [1.82, 2.24) is 30.8 Å². The van der Waals surface area contributed by atoms with Gasteiger partial charge in [0.2, 0.25) is 0 Å². The maximum atomic E-state index is 6.20. The second kappa shape index (κ2) is 8.86. The number of benzene rings is 2. The van der Waals surface area contributed by atoms with E-state index in [2.05, 4.69) is 74.7 Å². The molecule has 0 amide bonds. The standard InChI is InChI=1S/C24H30N6O/c1-31-24(21-10-6-3-7-11-21)22(25-15-18-8-4-2-5-9-18)14-20(16-26-24)23-27-28-29-30(23)17-19-12-13-19/h2-11,19-20,22,25-26H,12-17H2,1H3/t20?,22-,24-/m0/s1. The van der Waals surface area contributed by atoms with Crippen LogP contribution >= 0.6 is 0 Å². The lowest BCUT2D eigenvalue weighted by Crippen LogP contribution is -2.63. The second-order valence-electron chi connectivity index (χ2n) is 8.70. The summed E-state index contributed by atoms with van der Waals surface area (Å²) in [6.07, 6.45) is 3.45. The summed E-state index contributed by atoms with van der Waals surface area (Å²) >= 11 is 0. The molecule has 1 saturated heterocycles. The van der Waals surface area contributed by atoms with Gasteiger partial charge < -0.3 is 10.1 Å². The Bertz CT molecular complexity index is 974. The van der Waals surface area contributed by atoms with Crippen LogP contribution in [0.3, 0.4) is 0 Å². The molecule has 1 saturated carbocycles. The first-order valence-electron chi connectivity index (χ1n) is 11.2. The van der Waals surface area contributed by atoms with E-state index >= 15 is 0 Å². The minimum absolute atomic E-state index is 0.0462. The molecule has 2 N–H and O–H groups in total. The molecular formula is C24H30N6O. The van der Waals surface area contributed by atoms with Crippen molar-refractivity contribution in [2.24, 2.45) is 5.92 Å². The highest BCUT2D eigenvalue weighted by molar-refractivity contribution is 5.27. The number of methoxy groups -OCH3 is 1. The molecule has 7 heteroatoms. The minimum atomic E-state index is -0.610. The molecule has 0 spiro atoms. The van der Waals surface area contributed by atoms with E-state index in [1.54, 1.807) is 7.11 Å². The first-order chi connectivity index (χ1) is 15.3. The van der Waals surface area contributed by atoms with Crippen molar-refractivity contribution in [1.29, 1.82) is 0 Å². The molecule has 2 fully saturated rings. The first kappa shape index (κ1) is 20.3. The quantitative estimate of drug-likeness (QED) is 0.586. The number of rotatable bonds is 8. The van der Waals surface area contributed by atoms with Crippen LogP contribution in [0, 0.1) is 5.92 Å². The lowest BCUT2D eigenvalue weighted by atomic mass is 9.82. The topological polar surface area (TPSA) is 76.9 Å². The zero-order chi connectivity index (χ0) is 21.1. The number of piperidine rings is 1. The molecule has 2 aromatic carbocycles. The fourth-order valence-electron chi connectivity index (χ4n) is 4.69. The van der Waals surface area contributed by atoms with E-state index in [4.69, 9.17) is 4.74 Å². The molecule has 5 rings (SSSR count). The Balaban J connectivity index is 1.42. The molecule has 1 aromatic heterocycles. The van der Waals surface area contributed by atoms with Crippen LogP contribution < -0.4 is 10.6 Å². The van der Waals surface area contributed by atoms with Gasteiger partial charge in [0.25, 0.3) is 0 Å². The molecule has 1 aliphatic heterocycles. The number of hydrogen-bond acceptors (Lipinski definition) is 6. The molecular weight excluding hydrogens is 388 g/mol. The summed E-state index contributed by atoms with van der Waals surface area (Å²) in [7, 11) is 1.79. The molecule has 2 heterocycles. The van der Waals surface area contributed by atoms with E-state index in [0.717, 1.165) is 43.4 Å². The Labute approximate surface area is 183 Å². The highest BCUT2D eigenvalue weighted by Crippen LogP contribution is 2.37. The zero-order valence-corrected chi connectivity index (χ0v) is 17.9. The predicted octanol–water partition coefficient (Wildman–Crippen LogP) is 2.82. The third-order valence-corrected chi connectivity index (χ3v) is 6.59. The minimum Gasteiger partial charge on any atom is -0.358 e. The SMILES string of the molecule is CO[C@]1(c2ccccc2)NCC(c2nnnn2CC2CC2)C[C@@H]1NCc1ccccc1. The lowest BCUT2D eigenvalue weighted by molar-refractivity contribution is -0.0942. The number of nitrogens with one attached hydrogen (secondary N) is 2. The van der Waals surface area contributed by atoms with E-state index in [0.29, 0.717) is 0 Å². The van der Waals surface area contributed by atoms with Crippen LogP contribution in [0.5, 0.6) is 0 Å². The van der Waals surface area contributed by atoms with Gasteiger partial charge in [-0.05, 0) is 41.2 Å². The smallest absolute Gasteiger partial charge is 0.160 e. The third-order valence-electron chi connectivity index (χ3n) is 6.59. The van der Waals surface area contributed by atoms with Crippen molar-refractivity contribution in [3.63, 3.8) is 0 Å². The summed E-state index contributed by atoms with van der Waals surface area (Å²) in [5.74, 6) is 1.92. The number of nitrogens with zero attached hydrogens (tertiary/aromatic N) is 4. The third kappa shape index (κ3) is 4.26. The van der Waals surface area contributed by atoms with Crippen molar-refractivity contribution in [2.75, 3.05) is 13.7 Å². The summed E-state index contributed by atoms with van der Waals surface area (Å²) in [5, 5.41) is 20.2. The van der Waals surface area contributed by atoms with Gasteiger partial charge in [-0.15, -0.1) is 5.10 Å². The van der Waals surface area contributed by atoms with E-state index in [-0.39, 0.29) is 12.0 Å². The fourth-order valence-corrected chi connectivity index (χ4v) is 4.69. The average molecular weight is 419 g/mol. The van der Waals surface area contributed by atoms with Gasteiger partial charge in [-0.25, -0.2) is 4.68 Å². The van der Waals surface area contributed by atoms with Crippen LogP contribution in [0.4, 0.5) is 0 Å². The highest BCUT2D eigenvalue weighted by Gasteiger charge is 2.46. The molecule has 3 atom stereocenters. The molecule has 7 nitrogen and oxygen atoms in total. The summed E-state index contributed by atoms with van der Waals surface area (Å²) in [6.45, 7) is 2.46. The normalized spacial score (nSPS) is 26.1. The Hall–Kier alpha value is -2.61. The van der Waals surface area contributed by atoms with Crippen molar-refractivity contribution < 1.29 is 4.74 Å². The Morgan fingerprint density at radius 1 is 1.10 bits per heavy atom. The number of hydrogen-bond donors (Lipinski definition) is 2. The van der Waals surface area contributed by atoms with E-state index in [1.165, 1.54) is 18.4 Å². The summed E-state index contributed by atoms with van der Waals surface area (Å²) < 4.78 is 8.22.